The number of quaternary nitrogens is 1. The summed E-state index contributed by atoms with van der Waals surface area (Å²) >= 11 is 0. The zero-order valence-electron chi connectivity index (χ0n) is 6.38. The molecule has 1 aliphatic rings. The predicted octanol–water partition coefficient (Wildman–Crippen LogP) is -2.57. The fourth-order valence-electron chi connectivity index (χ4n) is 0.845. The number of carboxylic acid groups (broad SMARTS) is 2. The van der Waals surface area contributed by atoms with E-state index in [0.29, 0.717) is 0 Å². The Kier molecular flexibility index (Phi) is 6.76. The molecule has 0 unspecified atom stereocenters. The van der Waals surface area contributed by atoms with Crippen LogP contribution in [0.5, 0.6) is 0 Å². The molecule has 0 aliphatic carbocycles. The van der Waals surface area contributed by atoms with Crippen LogP contribution in [0.1, 0.15) is 6.42 Å². The number of nitrogens with two attached hydrogens (primary N) is 1. The molecule has 5 heteroatoms. The molecule has 0 atom stereocenters. The molecule has 1 heterocycles. The van der Waals surface area contributed by atoms with Crippen LogP contribution in [0, 0.1) is 0 Å². The number of hydrogen-bond donors (Lipinski definition) is 3. The molecule has 0 spiro atoms. The largest absolute Gasteiger partial charge is 0.565 e. The summed E-state index contributed by atoms with van der Waals surface area (Å²) in [5, 5.41) is 21.0. The van der Waals surface area contributed by atoms with Crippen LogP contribution in [0.15, 0.2) is 0 Å². The van der Waals surface area contributed by atoms with Crippen LogP contribution in [-0.2, 0) is 0 Å². The van der Waals surface area contributed by atoms with Crippen molar-refractivity contribution >= 4 is 6.16 Å². The summed E-state index contributed by atoms with van der Waals surface area (Å²) in [4.78, 5) is 8.44. The SMILES string of the molecule is C1CNCC[NH2+]C1.O=C([O-])O. The van der Waals surface area contributed by atoms with E-state index in [0.717, 1.165) is 0 Å². The smallest absolute Gasteiger partial charge is 0.249 e. The average Bonchev–Trinajstić information content (AvgIpc) is 2.13. The third-order valence-electron chi connectivity index (χ3n) is 1.29. The van der Waals surface area contributed by atoms with Crippen molar-refractivity contribution in [2.45, 2.75) is 6.42 Å². The third-order valence-corrected chi connectivity index (χ3v) is 1.29. The Morgan fingerprint density at radius 3 is 2.73 bits per heavy atom. The van der Waals surface area contributed by atoms with Crippen LogP contribution in [0.25, 0.3) is 0 Å². The van der Waals surface area contributed by atoms with E-state index in [1.807, 2.05) is 0 Å². The highest BCUT2D eigenvalue weighted by Gasteiger charge is 1.95. The van der Waals surface area contributed by atoms with E-state index < -0.39 is 6.16 Å². The first-order chi connectivity index (χ1) is 5.23. The van der Waals surface area contributed by atoms with Gasteiger partial charge in [-0.1, -0.05) is 0 Å². The van der Waals surface area contributed by atoms with Gasteiger partial charge in [-0.2, -0.15) is 0 Å². The van der Waals surface area contributed by atoms with Crippen LogP contribution in [-0.4, -0.2) is 37.4 Å². The minimum absolute atomic E-state index is 1.19. The maximum Gasteiger partial charge on any atom is 0.249 e. The van der Waals surface area contributed by atoms with E-state index in [9.17, 15) is 0 Å². The molecule has 0 aromatic heterocycles. The normalized spacial score (nSPS) is 17.5. The minimum Gasteiger partial charge on any atom is -0.565 e. The van der Waals surface area contributed by atoms with Crippen molar-refractivity contribution in [1.82, 2.24) is 5.32 Å². The topological polar surface area (TPSA) is 89.0 Å². The molecule has 0 saturated carbocycles. The van der Waals surface area contributed by atoms with Gasteiger partial charge in [0.15, 0.2) is 0 Å². The molecule has 0 aromatic rings. The van der Waals surface area contributed by atoms with Crippen LogP contribution >= 0.6 is 0 Å². The van der Waals surface area contributed by atoms with Crippen molar-refractivity contribution in [3.63, 3.8) is 0 Å². The molecule has 1 aliphatic heterocycles. The maximum absolute atomic E-state index is 8.44. The van der Waals surface area contributed by atoms with Crippen LogP contribution in [0.3, 0.4) is 0 Å². The Labute approximate surface area is 65.4 Å². The van der Waals surface area contributed by atoms with Gasteiger partial charge in [-0.05, 0) is 0 Å². The highest BCUT2D eigenvalue weighted by Crippen LogP contribution is 1.69. The van der Waals surface area contributed by atoms with E-state index in [1.54, 1.807) is 0 Å². The summed E-state index contributed by atoms with van der Waals surface area (Å²) in [5.74, 6) is 0. The van der Waals surface area contributed by atoms with Crippen molar-refractivity contribution in [2.75, 3.05) is 26.2 Å². The lowest BCUT2D eigenvalue weighted by Gasteiger charge is -1.89. The Morgan fingerprint density at radius 2 is 2.09 bits per heavy atom. The number of rotatable bonds is 0. The highest BCUT2D eigenvalue weighted by molar-refractivity contribution is 5.50. The van der Waals surface area contributed by atoms with Gasteiger partial charge in [0.1, 0.15) is 0 Å². The second-order valence-electron chi connectivity index (χ2n) is 2.24. The number of nitrogens with one attached hydrogen (secondary N) is 1. The van der Waals surface area contributed by atoms with Gasteiger partial charge >= 0.3 is 0 Å². The Morgan fingerprint density at radius 1 is 1.45 bits per heavy atom. The van der Waals surface area contributed by atoms with Crippen molar-refractivity contribution < 1.29 is 20.3 Å². The molecule has 1 saturated heterocycles. The lowest BCUT2D eigenvalue weighted by Crippen LogP contribution is -2.84. The molecule has 4 N–H and O–H groups in total. The predicted molar refractivity (Wildman–Crippen MR) is 37.2 cm³/mol. The molecule has 5 nitrogen and oxygen atoms in total. The van der Waals surface area contributed by atoms with E-state index in [4.69, 9.17) is 15.0 Å². The Balaban J connectivity index is 0.000000218. The van der Waals surface area contributed by atoms with Crippen molar-refractivity contribution in [2.24, 2.45) is 0 Å². The Bertz CT molecular complexity index is 84.3. The lowest BCUT2D eigenvalue weighted by atomic mass is 10.4. The molecule has 0 amide bonds. The fraction of sp³-hybridized carbons (Fsp3) is 0.833. The summed E-state index contributed by atoms with van der Waals surface area (Å²) in [6.45, 7) is 4.99. The maximum atomic E-state index is 8.44. The van der Waals surface area contributed by atoms with Gasteiger partial charge in [-0.3, -0.25) is 0 Å². The van der Waals surface area contributed by atoms with E-state index in [1.165, 1.54) is 32.6 Å². The molecule has 0 aromatic carbocycles. The molecule has 0 radical (unpaired) electrons. The quantitative estimate of drug-likeness (QED) is 0.365. The zero-order chi connectivity index (χ0) is 8.53. The van der Waals surface area contributed by atoms with Crippen molar-refractivity contribution in [1.29, 1.82) is 0 Å². The third kappa shape index (κ3) is 12.4. The number of carbonyl (C=O) groups is 1. The van der Waals surface area contributed by atoms with Gasteiger partial charge in [0.2, 0.25) is 6.16 Å². The molecule has 1 fully saturated rings. The minimum atomic E-state index is -2.08. The van der Waals surface area contributed by atoms with Gasteiger partial charge in [-0.25, -0.2) is 0 Å². The van der Waals surface area contributed by atoms with Crippen molar-refractivity contribution in [3.05, 3.63) is 0 Å². The second-order valence-corrected chi connectivity index (χ2v) is 2.24. The van der Waals surface area contributed by atoms with E-state index in [2.05, 4.69) is 10.6 Å². The van der Waals surface area contributed by atoms with Gasteiger partial charge in [0.25, 0.3) is 0 Å². The molecule has 11 heavy (non-hydrogen) atoms. The molecular weight excluding hydrogens is 148 g/mol. The van der Waals surface area contributed by atoms with Gasteiger partial charge in [-0.15, -0.1) is 0 Å². The summed E-state index contributed by atoms with van der Waals surface area (Å²) < 4.78 is 0. The monoisotopic (exact) mass is 162 g/mol. The number of hydrogen-bond acceptors (Lipinski definition) is 3. The van der Waals surface area contributed by atoms with Gasteiger partial charge in [0, 0.05) is 19.5 Å². The van der Waals surface area contributed by atoms with Crippen LogP contribution < -0.4 is 15.7 Å². The summed E-state index contributed by atoms with van der Waals surface area (Å²) in [5.41, 5.74) is 0. The van der Waals surface area contributed by atoms with Crippen LogP contribution in [0.2, 0.25) is 0 Å². The fourth-order valence-corrected chi connectivity index (χ4v) is 0.845. The van der Waals surface area contributed by atoms with E-state index >= 15 is 0 Å². The van der Waals surface area contributed by atoms with E-state index in [-0.39, 0.29) is 0 Å². The first kappa shape index (κ1) is 10.2. The first-order valence-corrected chi connectivity index (χ1v) is 3.66. The Hall–Kier alpha value is -0.810. The van der Waals surface area contributed by atoms with Gasteiger partial charge < -0.3 is 25.6 Å². The second kappa shape index (κ2) is 7.30. The van der Waals surface area contributed by atoms with Crippen molar-refractivity contribution in [3.8, 4) is 0 Å². The van der Waals surface area contributed by atoms with Gasteiger partial charge in [0.05, 0.1) is 13.1 Å². The summed E-state index contributed by atoms with van der Waals surface area (Å²) in [7, 11) is 0. The van der Waals surface area contributed by atoms with Crippen LogP contribution in [0.4, 0.5) is 4.79 Å². The molecule has 1 rings (SSSR count). The molecular formula is C6H14N2O3. The standard InChI is InChI=1S/C5H12N2.CH2O3/c1-2-6-4-5-7-3-1;2-1(3)4/h6-7H,1-5H2;(H2,2,3,4). The molecule has 0 bridgehead atoms. The summed E-state index contributed by atoms with van der Waals surface area (Å²) in [6.07, 6.45) is -0.750. The zero-order valence-corrected chi connectivity index (χ0v) is 6.38. The lowest BCUT2D eigenvalue weighted by molar-refractivity contribution is -0.650. The summed E-state index contributed by atoms with van der Waals surface area (Å²) in [6, 6.07) is 0. The highest BCUT2D eigenvalue weighted by atomic mass is 16.6. The average molecular weight is 162 g/mol. The first-order valence-electron chi connectivity index (χ1n) is 3.66. The molecule has 66 valence electrons.